The Bertz CT molecular complexity index is 1040. The van der Waals surface area contributed by atoms with Crippen molar-refractivity contribution < 1.29 is 9.18 Å². The molecule has 1 atom stereocenters. The van der Waals surface area contributed by atoms with Crippen LogP contribution in [0.4, 0.5) is 10.1 Å². The number of rotatable bonds is 2. The number of hydrogen-bond donors (Lipinski definition) is 0. The van der Waals surface area contributed by atoms with Crippen LogP contribution in [-0.2, 0) is 5.54 Å². The van der Waals surface area contributed by atoms with Gasteiger partial charge in [0, 0.05) is 12.0 Å². The predicted molar refractivity (Wildman–Crippen MR) is 98.9 cm³/mol. The van der Waals surface area contributed by atoms with E-state index < -0.39 is 5.54 Å². The van der Waals surface area contributed by atoms with Crippen molar-refractivity contribution in [3.8, 4) is 0 Å². The van der Waals surface area contributed by atoms with Gasteiger partial charge in [-0.25, -0.2) is 9.40 Å². The summed E-state index contributed by atoms with van der Waals surface area (Å²) in [5.41, 5.74) is 3.19. The quantitative estimate of drug-likeness (QED) is 0.685. The van der Waals surface area contributed by atoms with Gasteiger partial charge in [-0.1, -0.05) is 54.6 Å². The maximum absolute atomic E-state index is 13.5. The topological polar surface area (TPSA) is 32.7 Å². The van der Waals surface area contributed by atoms with Crippen molar-refractivity contribution in [1.29, 1.82) is 0 Å². The Labute approximate surface area is 150 Å². The molecular formula is C22H15FN2O. The van der Waals surface area contributed by atoms with Gasteiger partial charge in [-0.2, -0.15) is 5.10 Å². The Balaban J connectivity index is 1.71. The molecule has 2 aliphatic heterocycles. The first-order chi connectivity index (χ1) is 12.7. The van der Waals surface area contributed by atoms with Gasteiger partial charge in [0.2, 0.25) is 0 Å². The highest BCUT2D eigenvalue weighted by molar-refractivity contribution is 6.20. The van der Waals surface area contributed by atoms with Crippen molar-refractivity contribution in [3.63, 3.8) is 0 Å². The van der Waals surface area contributed by atoms with E-state index in [9.17, 15) is 9.18 Å². The van der Waals surface area contributed by atoms with Crippen LogP contribution >= 0.6 is 0 Å². The molecule has 26 heavy (non-hydrogen) atoms. The van der Waals surface area contributed by atoms with Gasteiger partial charge in [0.25, 0.3) is 0 Å². The average molecular weight is 342 g/mol. The monoisotopic (exact) mass is 342 g/mol. The minimum Gasteiger partial charge on any atom is -0.291 e. The zero-order chi connectivity index (χ0) is 17.7. The number of anilines is 1. The third-order valence-electron chi connectivity index (χ3n) is 5.19. The molecule has 0 aliphatic carbocycles. The molecule has 4 heteroatoms. The second-order valence-corrected chi connectivity index (χ2v) is 6.61. The number of fused-ring (bicyclic) bond motifs is 3. The fourth-order valence-electron chi connectivity index (χ4n) is 3.94. The molecule has 126 valence electrons. The lowest BCUT2D eigenvalue weighted by atomic mass is 9.81. The summed E-state index contributed by atoms with van der Waals surface area (Å²) in [5.74, 6) is -0.229. The number of hydrazone groups is 1. The van der Waals surface area contributed by atoms with Crippen molar-refractivity contribution in [2.24, 2.45) is 5.10 Å². The van der Waals surface area contributed by atoms with Crippen LogP contribution in [0.5, 0.6) is 0 Å². The summed E-state index contributed by atoms with van der Waals surface area (Å²) in [5, 5.41) is 6.64. The van der Waals surface area contributed by atoms with Crippen LogP contribution in [-0.4, -0.2) is 11.5 Å². The molecule has 1 unspecified atom stereocenters. The Morgan fingerprint density at radius 1 is 0.885 bits per heavy atom. The summed E-state index contributed by atoms with van der Waals surface area (Å²) in [6, 6.07) is 23.6. The van der Waals surface area contributed by atoms with E-state index >= 15 is 0 Å². The molecule has 2 aliphatic rings. The number of Topliss-reactive ketones (excluding diaryl/α,β-unsaturated/α-hetero) is 1. The van der Waals surface area contributed by atoms with Gasteiger partial charge in [-0.05, 0) is 35.4 Å². The summed E-state index contributed by atoms with van der Waals surface area (Å²) in [6.07, 6.45) is 0.455. The van der Waals surface area contributed by atoms with Crippen LogP contribution in [0.25, 0.3) is 0 Å². The Morgan fingerprint density at radius 3 is 2.35 bits per heavy atom. The van der Waals surface area contributed by atoms with Crippen molar-refractivity contribution >= 4 is 17.2 Å². The molecule has 3 aromatic rings. The summed E-state index contributed by atoms with van der Waals surface area (Å²) in [4.78, 5) is 13.5. The van der Waals surface area contributed by atoms with Crippen molar-refractivity contribution in [1.82, 2.24) is 0 Å². The molecule has 0 saturated heterocycles. The van der Waals surface area contributed by atoms with Gasteiger partial charge in [0.15, 0.2) is 11.3 Å². The number of para-hydroxylation sites is 1. The average Bonchev–Trinajstić information content (AvgIpc) is 3.19. The maximum Gasteiger partial charge on any atom is 0.197 e. The van der Waals surface area contributed by atoms with Gasteiger partial charge in [-0.3, -0.25) is 4.79 Å². The van der Waals surface area contributed by atoms with Crippen LogP contribution in [0, 0.1) is 5.82 Å². The first kappa shape index (κ1) is 15.0. The SMILES string of the molecule is O=C1c2ccccc2N2N=C(c3ccc(F)cc3)CC12c1ccccc1. The second kappa shape index (κ2) is 5.36. The van der Waals surface area contributed by atoms with E-state index in [4.69, 9.17) is 5.10 Å². The van der Waals surface area contributed by atoms with Crippen LogP contribution in [0.15, 0.2) is 84.0 Å². The third kappa shape index (κ3) is 1.93. The molecule has 0 amide bonds. The lowest BCUT2D eigenvalue weighted by Crippen LogP contribution is -2.42. The molecule has 0 fully saturated rings. The third-order valence-corrected chi connectivity index (χ3v) is 5.19. The zero-order valence-corrected chi connectivity index (χ0v) is 13.9. The van der Waals surface area contributed by atoms with E-state index in [1.807, 2.05) is 59.6 Å². The largest absolute Gasteiger partial charge is 0.291 e. The molecule has 2 heterocycles. The summed E-state index contributed by atoms with van der Waals surface area (Å²) < 4.78 is 13.3. The highest BCUT2D eigenvalue weighted by Gasteiger charge is 2.56. The van der Waals surface area contributed by atoms with Crippen LogP contribution < -0.4 is 5.01 Å². The molecule has 3 nitrogen and oxygen atoms in total. The first-order valence-electron chi connectivity index (χ1n) is 8.53. The Hall–Kier alpha value is -3.27. The van der Waals surface area contributed by atoms with Gasteiger partial charge in [-0.15, -0.1) is 0 Å². The zero-order valence-electron chi connectivity index (χ0n) is 13.9. The first-order valence-corrected chi connectivity index (χ1v) is 8.53. The van der Waals surface area contributed by atoms with E-state index in [1.54, 1.807) is 12.1 Å². The highest BCUT2D eigenvalue weighted by atomic mass is 19.1. The standard InChI is InChI=1S/C22H15FN2O/c23-17-12-10-15(11-13-17)19-14-22(16-6-2-1-3-7-16)21(26)18-8-4-5-9-20(18)25(22)24-19/h1-13H,14H2. The van der Waals surface area contributed by atoms with Crippen molar-refractivity contribution in [2.75, 3.05) is 5.01 Å². The summed E-state index contributed by atoms with van der Waals surface area (Å²) >= 11 is 0. The van der Waals surface area contributed by atoms with Crippen molar-refractivity contribution in [2.45, 2.75) is 12.0 Å². The molecule has 5 rings (SSSR count). The summed E-state index contributed by atoms with van der Waals surface area (Å²) in [6.45, 7) is 0. The lowest BCUT2D eigenvalue weighted by Gasteiger charge is -2.30. The number of nitrogens with zero attached hydrogens (tertiary/aromatic N) is 2. The number of hydrogen-bond acceptors (Lipinski definition) is 3. The smallest absolute Gasteiger partial charge is 0.197 e. The highest BCUT2D eigenvalue weighted by Crippen LogP contribution is 2.50. The summed E-state index contributed by atoms with van der Waals surface area (Å²) in [7, 11) is 0. The van der Waals surface area contributed by atoms with E-state index in [-0.39, 0.29) is 11.6 Å². The molecule has 0 saturated carbocycles. The molecule has 0 radical (unpaired) electrons. The van der Waals surface area contributed by atoms with Crippen LogP contribution in [0.3, 0.4) is 0 Å². The van der Waals surface area contributed by atoms with Gasteiger partial charge >= 0.3 is 0 Å². The Morgan fingerprint density at radius 2 is 1.58 bits per heavy atom. The van der Waals surface area contributed by atoms with E-state index in [0.717, 1.165) is 22.5 Å². The fourth-order valence-corrected chi connectivity index (χ4v) is 3.94. The maximum atomic E-state index is 13.5. The molecule has 0 spiro atoms. The number of benzene rings is 3. The molecule has 0 N–H and O–H groups in total. The number of halogens is 1. The molecular weight excluding hydrogens is 327 g/mol. The number of carbonyl (C=O) groups excluding carboxylic acids is 1. The van der Waals surface area contributed by atoms with Gasteiger partial charge in [0.05, 0.1) is 11.4 Å². The Kier molecular flexibility index (Phi) is 3.10. The predicted octanol–water partition coefficient (Wildman–Crippen LogP) is 4.53. The normalized spacial score (nSPS) is 20.7. The van der Waals surface area contributed by atoms with E-state index in [1.165, 1.54) is 12.1 Å². The van der Waals surface area contributed by atoms with Gasteiger partial charge in [0.1, 0.15) is 5.82 Å². The minimum atomic E-state index is -0.866. The fraction of sp³-hybridized carbons (Fsp3) is 0.0909. The second-order valence-electron chi connectivity index (χ2n) is 6.61. The van der Waals surface area contributed by atoms with Gasteiger partial charge < -0.3 is 0 Å². The van der Waals surface area contributed by atoms with Crippen molar-refractivity contribution in [3.05, 3.63) is 101 Å². The van der Waals surface area contributed by atoms with E-state index in [0.29, 0.717) is 12.0 Å². The molecule has 0 bridgehead atoms. The number of ketones is 1. The molecule has 3 aromatic carbocycles. The molecule has 0 aromatic heterocycles. The minimum absolute atomic E-state index is 0.0557. The number of carbonyl (C=O) groups is 1. The lowest BCUT2D eigenvalue weighted by molar-refractivity contribution is 0.0908. The van der Waals surface area contributed by atoms with Crippen LogP contribution in [0.1, 0.15) is 27.9 Å². The van der Waals surface area contributed by atoms with E-state index in [2.05, 4.69) is 0 Å². The van der Waals surface area contributed by atoms with Crippen LogP contribution in [0.2, 0.25) is 0 Å².